The summed E-state index contributed by atoms with van der Waals surface area (Å²) in [5.74, 6) is -1.82. The van der Waals surface area contributed by atoms with Crippen molar-refractivity contribution in [2.45, 2.75) is 18.9 Å². The fourth-order valence-electron chi connectivity index (χ4n) is 1.34. The highest BCUT2D eigenvalue weighted by atomic mass is 19.1. The van der Waals surface area contributed by atoms with E-state index in [-0.39, 0.29) is 0 Å². The highest BCUT2D eigenvalue weighted by Crippen LogP contribution is 2.22. The molecule has 0 aromatic heterocycles. The average Bonchev–Trinajstić information content (AvgIpc) is 2.26. The van der Waals surface area contributed by atoms with E-state index in [1.165, 1.54) is 19.2 Å². The first-order valence-electron chi connectivity index (χ1n) is 4.58. The van der Waals surface area contributed by atoms with Gasteiger partial charge in [-0.05, 0) is 11.6 Å². The maximum Gasteiger partial charge on any atom is 0.335 e. The highest BCUT2D eigenvalue weighted by Gasteiger charge is 2.26. The monoisotopic (exact) mass is 212 g/mol. The molecular weight excluding hydrogens is 199 g/mol. The molecule has 0 radical (unpaired) electrons. The van der Waals surface area contributed by atoms with Crippen LogP contribution in [0.5, 0.6) is 0 Å². The smallest absolute Gasteiger partial charge is 0.335 e. The van der Waals surface area contributed by atoms with E-state index < -0.39 is 23.8 Å². The van der Waals surface area contributed by atoms with Crippen LogP contribution in [0.25, 0.3) is 0 Å². The number of hydrogen-bond acceptors (Lipinski definition) is 3. The van der Waals surface area contributed by atoms with Gasteiger partial charge in [-0.15, -0.1) is 0 Å². The predicted molar refractivity (Wildman–Crippen MR) is 52.8 cm³/mol. The number of benzene rings is 1. The van der Waals surface area contributed by atoms with Gasteiger partial charge in [-0.1, -0.05) is 25.1 Å². The van der Waals surface area contributed by atoms with E-state index >= 15 is 0 Å². The number of hydrogen-bond donors (Lipinski definition) is 1. The van der Waals surface area contributed by atoms with E-state index in [0.717, 1.165) is 0 Å². The van der Waals surface area contributed by atoms with Crippen LogP contribution in [0.2, 0.25) is 0 Å². The van der Waals surface area contributed by atoms with Gasteiger partial charge in [0.05, 0.1) is 7.11 Å². The number of methoxy groups -OCH3 is 1. The topological polar surface area (TPSA) is 46.5 Å². The third-order valence-electron chi connectivity index (χ3n) is 2.31. The molecule has 0 saturated carbocycles. The third kappa shape index (κ3) is 2.53. The second-order valence-electron chi connectivity index (χ2n) is 3.28. The quantitative estimate of drug-likeness (QED) is 0.771. The van der Waals surface area contributed by atoms with Crippen molar-refractivity contribution in [1.29, 1.82) is 0 Å². The van der Waals surface area contributed by atoms with Crippen LogP contribution >= 0.6 is 0 Å². The maximum atomic E-state index is 13.3. The Kier molecular flexibility index (Phi) is 3.80. The van der Waals surface area contributed by atoms with Crippen molar-refractivity contribution in [3.8, 4) is 0 Å². The van der Waals surface area contributed by atoms with Crippen LogP contribution in [0.4, 0.5) is 4.39 Å². The van der Waals surface area contributed by atoms with Crippen LogP contribution < -0.4 is 0 Å². The van der Waals surface area contributed by atoms with Crippen molar-refractivity contribution >= 4 is 5.97 Å². The Morgan fingerprint density at radius 1 is 1.47 bits per heavy atom. The van der Waals surface area contributed by atoms with Gasteiger partial charge in [0.15, 0.2) is 6.10 Å². The van der Waals surface area contributed by atoms with Crippen LogP contribution in [0.3, 0.4) is 0 Å². The Labute approximate surface area is 87.5 Å². The molecule has 0 unspecified atom stereocenters. The summed E-state index contributed by atoms with van der Waals surface area (Å²) in [5, 5.41) is 9.52. The summed E-state index contributed by atoms with van der Waals surface area (Å²) in [7, 11) is 1.18. The van der Waals surface area contributed by atoms with E-state index in [0.29, 0.717) is 5.56 Å². The molecule has 0 heterocycles. The molecule has 15 heavy (non-hydrogen) atoms. The molecule has 0 aliphatic heterocycles. The Balaban J connectivity index is 2.89. The van der Waals surface area contributed by atoms with Gasteiger partial charge in [-0.2, -0.15) is 0 Å². The Morgan fingerprint density at radius 2 is 2.07 bits per heavy atom. The van der Waals surface area contributed by atoms with Gasteiger partial charge >= 0.3 is 5.97 Å². The van der Waals surface area contributed by atoms with Crippen molar-refractivity contribution in [3.05, 3.63) is 35.6 Å². The first kappa shape index (κ1) is 11.7. The van der Waals surface area contributed by atoms with Gasteiger partial charge < -0.3 is 9.84 Å². The number of esters is 1. The van der Waals surface area contributed by atoms with Crippen molar-refractivity contribution < 1.29 is 19.0 Å². The fourth-order valence-corrected chi connectivity index (χ4v) is 1.34. The van der Waals surface area contributed by atoms with Gasteiger partial charge in [0.2, 0.25) is 0 Å². The second kappa shape index (κ2) is 4.89. The molecule has 2 atom stereocenters. The lowest BCUT2D eigenvalue weighted by Gasteiger charge is -2.17. The minimum absolute atomic E-state index is 0.301. The number of aliphatic hydroxyl groups is 1. The Morgan fingerprint density at radius 3 is 2.60 bits per heavy atom. The van der Waals surface area contributed by atoms with Gasteiger partial charge in [0, 0.05) is 5.92 Å². The minimum atomic E-state index is -1.34. The second-order valence-corrected chi connectivity index (χ2v) is 3.28. The molecule has 0 aliphatic rings. The number of rotatable bonds is 3. The van der Waals surface area contributed by atoms with Crippen molar-refractivity contribution in [2.75, 3.05) is 7.11 Å². The maximum absolute atomic E-state index is 13.3. The minimum Gasteiger partial charge on any atom is -0.467 e. The lowest BCUT2D eigenvalue weighted by atomic mass is 9.95. The SMILES string of the molecule is COC(=O)[C@@H](O)[C@H](C)c1ccccc1F. The standard InChI is InChI=1S/C11H13FO3/c1-7(10(13)11(14)15-2)8-5-3-4-6-9(8)12/h3-7,10,13H,1-2H3/t7-,10+/m1/s1. The molecule has 0 fully saturated rings. The van der Waals surface area contributed by atoms with Crippen molar-refractivity contribution in [1.82, 2.24) is 0 Å². The third-order valence-corrected chi connectivity index (χ3v) is 2.31. The fraction of sp³-hybridized carbons (Fsp3) is 0.364. The average molecular weight is 212 g/mol. The zero-order valence-electron chi connectivity index (χ0n) is 8.61. The van der Waals surface area contributed by atoms with E-state index in [1.807, 2.05) is 0 Å². The number of ether oxygens (including phenoxy) is 1. The summed E-state index contributed by atoms with van der Waals surface area (Å²) < 4.78 is 17.7. The largest absolute Gasteiger partial charge is 0.467 e. The summed E-state index contributed by atoms with van der Waals surface area (Å²) in [4.78, 5) is 11.0. The first-order valence-corrected chi connectivity index (χ1v) is 4.58. The molecule has 1 rings (SSSR count). The van der Waals surface area contributed by atoms with E-state index in [2.05, 4.69) is 4.74 Å². The molecule has 4 heteroatoms. The highest BCUT2D eigenvalue weighted by molar-refractivity contribution is 5.75. The summed E-state index contributed by atoms with van der Waals surface area (Å²) in [6, 6.07) is 6.02. The zero-order chi connectivity index (χ0) is 11.4. The van der Waals surface area contributed by atoms with Gasteiger partial charge in [-0.25, -0.2) is 9.18 Å². The van der Waals surface area contributed by atoms with Crippen molar-refractivity contribution in [2.24, 2.45) is 0 Å². The molecule has 1 N–H and O–H groups in total. The summed E-state index contributed by atoms with van der Waals surface area (Å²) in [6.45, 7) is 1.57. The number of aliphatic hydroxyl groups excluding tert-OH is 1. The van der Waals surface area contributed by atoms with Gasteiger partial charge in [-0.3, -0.25) is 0 Å². The lowest BCUT2D eigenvalue weighted by Crippen LogP contribution is -2.28. The van der Waals surface area contributed by atoms with E-state index in [1.54, 1.807) is 19.1 Å². The van der Waals surface area contributed by atoms with E-state index in [4.69, 9.17) is 0 Å². The number of carbonyl (C=O) groups is 1. The molecule has 1 aromatic carbocycles. The summed E-state index contributed by atoms with van der Waals surface area (Å²) in [6.07, 6.45) is -1.34. The van der Waals surface area contributed by atoms with Crippen LogP contribution in [0.1, 0.15) is 18.4 Å². The normalized spacial score (nSPS) is 14.4. The molecule has 0 spiro atoms. The van der Waals surface area contributed by atoms with Gasteiger partial charge in [0.1, 0.15) is 5.82 Å². The van der Waals surface area contributed by atoms with Crippen LogP contribution in [-0.2, 0) is 9.53 Å². The van der Waals surface area contributed by atoms with Crippen molar-refractivity contribution in [3.63, 3.8) is 0 Å². The Bertz CT molecular complexity index is 351. The molecule has 1 aromatic rings. The molecule has 82 valence electrons. The van der Waals surface area contributed by atoms with Crippen LogP contribution in [0, 0.1) is 5.82 Å². The lowest BCUT2D eigenvalue weighted by molar-refractivity contribution is -0.151. The zero-order valence-corrected chi connectivity index (χ0v) is 8.61. The summed E-state index contributed by atoms with van der Waals surface area (Å²) in [5.41, 5.74) is 0.301. The van der Waals surface area contributed by atoms with E-state index in [9.17, 15) is 14.3 Å². The molecule has 0 saturated heterocycles. The Hall–Kier alpha value is -1.42. The molecule has 0 bridgehead atoms. The van der Waals surface area contributed by atoms with Crippen LogP contribution in [-0.4, -0.2) is 24.3 Å². The first-order chi connectivity index (χ1) is 7.07. The number of halogens is 1. The van der Waals surface area contributed by atoms with Crippen LogP contribution in [0.15, 0.2) is 24.3 Å². The molecule has 0 amide bonds. The summed E-state index contributed by atoms with van der Waals surface area (Å²) >= 11 is 0. The molecule has 3 nitrogen and oxygen atoms in total. The number of carbonyl (C=O) groups excluding carboxylic acids is 1. The molecular formula is C11H13FO3. The molecule has 0 aliphatic carbocycles. The predicted octanol–water partition coefficient (Wildman–Crippen LogP) is 1.46. The van der Waals surface area contributed by atoms with Gasteiger partial charge in [0.25, 0.3) is 0 Å².